The monoisotopic (exact) mass is 237 g/mol. The summed E-state index contributed by atoms with van der Waals surface area (Å²) >= 11 is 0. The first-order valence-corrected chi connectivity index (χ1v) is 6.24. The van der Waals surface area contributed by atoms with Gasteiger partial charge in [-0.05, 0) is 32.4 Å². The molecular formula is C14H23NO2. The Bertz CT molecular complexity index is 337. The standard InChI is InChI=1S/C14H23NO2/c1-5-6-9-17-14-10-12(15-11(2)3)7-8-13(14)16-4/h7-8,10-11,15H,5-6,9H2,1-4H3. The molecule has 0 atom stereocenters. The van der Waals surface area contributed by atoms with Gasteiger partial charge in [-0.25, -0.2) is 0 Å². The Balaban J connectivity index is 2.75. The summed E-state index contributed by atoms with van der Waals surface area (Å²) in [5.74, 6) is 1.60. The van der Waals surface area contributed by atoms with Gasteiger partial charge in [0.1, 0.15) is 0 Å². The number of benzene rings is 1. The van der Waals surface area contributed by atoms with E-state index < -0.39 is 0 Å². The van der Waals surface area contributed by atoms with Gasteiger partial charge in [-0.3, -0.25) is 0 Å². The van der Waals surface area contributed by atoms with Gasteiger partial charge in [0.05, 0.1) is 13.7 Å². The van der Waals surface area contributed by atoms with Gasteiger partial charge in [0.15, 0.2) is 11.5 Å². The molecule has 0 saturated carbocycles. The lowest BCUT2D eigenvalue weighted by atomic mass is 10.2. The normalized spacial score (nSPS) is 10.4. The lowest BCUT2D eigenvalue weighted by molar-refractivity contribution is 0.288. The number of rotatable bonds is 7. The van der Waals surface area contributed by atoms with E-state index in [2.05, 4.69) is 26.1 Å². The second-order valence-electron chi connectivity index (χ2n) is 4.37. The average molecular weight is 237 g/mol. The van der Waals surface area contributed by atoms with E-state index in [0.717, 1.165) is 36.6 Å². The van der Waals surface area contributed by atoms with Crippen molar-refractivity contribution in [3.63, 3.8) is 0 Å². The number of hydrogen-bond donors (Lipinski definition) is 1. The van der Waals surface area contributed by atoms with Crippen molar-refractivity contribution in [2.24, 2.45) is 0 Å². The maximum atomic E-state index is 5.73. The summed E-state index contributed by atoms with van der Waals surface area (Å²) in [7, 11) is 1.66. The molecule has 1 N–H and O–H groups in total. The largest absolute Gasteiger partial charge is 0.493 e. The van der Waals surface area contributed by atoms with Gasteiger partial charge in [-0.1, -0.05) is 13.3 Å². The third-order valence-electron chi connectivity index (χ3n) is 2.37. The number of nitrogens with one attached hydrogen (secondary N) is 1. The molecule has 0 bridgehead atoms. The van der Waals surface area contributed by atoms with Gasteiger partial charge >= 0.3 is 0 Å². The fourth-order valence-corrected chi connectivity index (χ4v) is 1.54. The SMILES string of the molecule is CCCCOc1cc(NC(C)C)ccc1OC. The summed E-state index contributed by atoms with van der Waals surface area (Å²) < 4.78 is 11.0. The minimum atomic E-state index is 0.409. The zero-order chi connectivity index (χ0) is 12.7. The van der Waals surface area contributed by atoms with Crippen molar-refractivity contribution in [3.05, 3.63) is 18.2 Å². The van der Waals surface area contributed by atoms with E-state index in [1.807, 2.05) is 18.2 Å². The first-order chi connectivity index (χ1) is 8.17. The zero-order valence-electron chi connectivity index (χ0n) is 11.2. The molecule has 0 aromatic heterocycles. The summed E-state index contributed by atoms with van der Waals surface area (Å²) in [4.78, 5) is 0. The molecule has 1 rings (SSSR count). The van der Waals surface area contributed by atoms with Crippen molar-refractivity contribution < 1.29 is 9.47 Å². The fraction of sp³-hybridized carbons (Fsp3) is 0.571. The maximum absolute atomic E-state index is 5.73. The first-order valence-electron chi connectivity index (χ1n) is 6.24. The molecule has 0 heterocycles. The molecule has 0 spiro atoms. The summed E-state index contributed by atoms with van der Waals surface area (Å²) in [6, 6.07) is 6.35. The molecule has 0 radical (unpaired) electrons. The number of methoxy groups -OCH3 is 1. The number of unbranched alkanes of at least 4 members (excludes halogenated alkanes) is 1. The van der Waals surface area contributed by atoms with Gasteiger partial charge in [-0.15, -0.1) is 0 Å². The van der Waals surface area contributed by atoms with Gasteiger partial charge in [0.2, 0.25) is 0 Å². The molecule has 0 unspecified atom stereocenters. The molecule has 0 aliphatic rings. The van der Waals surface area contributed by atoms with Gasteiger partial charge in [0.25, 0.3) is 0 Å². The summed E-state index contributed by atoms with van der Waals surface area (Å²) in [6.45, 7) is 7.11. The molecule has 1 aromatic rings. The van der Waals surface area contributed by atoms with Crippen LogP contribution in [0.15, 0.2) is 18.2 Å². The van der Waals surface area contributed by atoms with Crippen LogP contribution in [0.3, 0.4) is 0 Å². The van der Waals surface area contributed by atoms with Gasteiger partial charge in [-0.2, -0.15) is 0 Å². The molecule has 0 amide bonds. The predicted octanol–water partition coefficient (Wildman–Crippen LogP) is 3.69. The molecule has 0 fully saturated rings. The van der Waals surface area contributed by atoms with Gasteiger partial charge in [0, 0.05) is 17.8 Å². The average Bonchev–Trinajstić information content (AvgIpc) is 2.29. The molecule has 3 heteroatoms. The molecule has 17 heavy (non-hydrogen) atoms. The summed E-state index contributed by atoms with van der Waals surface area (Å²) in [5, 5.41) is 3.35. The second-order valence-corrected chi connectivity index (χ2v) is 4.37. The van der Waals surface area contributed by atoms with Crippen molar-refractivity contribution in [1.82, 2.24) is 0 Å². The highest BCUT2D eigenvalue weighted by Crippen LogP contribution is 2.30. The van der Waals surface area contributed by atoms with Crippen LogP contribution in [0.2, 0.25) is 0 Å². The second kappa shape index (κ2) is 7.05. The van der Waals surface area contributed by atoms with E-state index in [0.29, 0.717) is 6.04 Å². The lowest BCUT2D eigenvalue weighted by Crippen LogP contribution is -2.09. The van der Waals surface area contributed by atoms with Crippen LogP contribution in [-0.4, -0.2) is 19.8 Å². The Morgan fingerprint density at radius 2 is 2.00 bits per heavy atom. The fourth-order valence-electron chi connectivity index (χ4n) is 1.54. The van der Waals surface area contributed by atoms with E-state index in [1.54, 1.807) is 7.11 Å². The molecule has 0 aliphatic heterocycles. The summed E-state index contributed by atoms with van der Waals surface area (Å²) in [6.07, 6.45) is 2.19. The van der Waals surface area contributed by atoms with Crippen LogP contribution in [0, 0.1) is 0 Å². The van der Waals surface area contributed by atoms with Crippen LogP contribution in [-0.2, 0) is 0 Å². The van der Waals surface area contributed by atoms with Crippen LogP contribution < -0.4 is 14.8 Å². The molecule has 96 valence electrons. The van der Waals surface area contributed by atoms with Crippen molar-refractivity contribution in [2.75, 3.05) is 19.0 Å². The number of ether oxygens (including phenoxy) is 2. The third kappa shape index (κ3) is 4.55. The number of hydrogen-bond acceptors (Lipinski definition) is 3. The topological polar surface area (TPSA) is 30.5 Å². The first kappa shape index (κ1) is 13.7. The maximum Gasteiger partial charge on any atom is 0.163 e. The van der Waals surface area contributed by atoms with Crippen LogP contribution in [0.4, 0.5) is 5.69 Å². The van der Waals surface area contributed by atoms with E-state index >= 15 is 0 Å². The van der Waals surface area contributed by atoms with Crippen LogP contribution in [0.25, 0.3) is 0 Å². The molecule has 0 saturated heterocycles. The molecule has 0 aliphatic carbocycles. The van der Waals surface area contributed by atoms with Crippen molar-refractivity contribution in [3.8, 4) is 11.5 Å². The summed E-state index contributed by atoms with van der Waals surface area (Å²) in [5.41, 5.74) is 1.06. The van der Waals surface area contributed by atoms with E-state index in [-0.39, 0.29) is 0 Å². The zero-order valence-corrected chi connectivity index (χ0v) is 11.2. The highest BCUT2D eigenvalue weighted by Gasteiger charge is 2.06. The highest BCUT2D eigenvalue weighted by atomic mass is 16.5. The Morgan fingerprint density at radius 1 is 1.24 bits per heavy atom. The van der Waals surface area contributed by atoms with Crippen molar-refractivity contribution in [1.29, 1.82) is 0 Å². The third-order valence-corrected chi connectivity index (χ3v) is 2.37. The van der Waals surface area contributed by atoms with Crippen molar-refractivity contribution in [2.45, 2.75) is 39.7 Å². The Labute approximate surface area is 104 Å². The van der Waals surface area contributed by atoms with E-state index in [1.165, 1.54) is 0 Å². The minimum Gasteiger partial charge on any atom is -0.493 e. The van der Waals surface area contributed by atoms with Crippen LogP contribution in [0.1, 0.15) is 33.6 Å². The quantitative estimate of drug-likeness (QED) is 0.734. The van der Waals surface area contributed by atoms with Crippen LogP contribution >= 0.6 is 0 Å². The molecule has 3 nitrogen and oxygen atoms in total. The Morgan fingerprint density at radius 3 is 2.59 bits per heavy atom. The number of anilines is 1. The van der Waals surface area contributed by atoms with Crippen LogP contribution in [0.5, 0.6) is 11.5 Å². The Hall–Kier alpha value is -1.38. The smallest absolute Gasteiger partial charge is 0.163 e. The Kier molecular flexibility index (Phi) is 5.67. The van der Waals surface area contributed by atoms with E-state index in [4.69, 9.17) is 9.47 Å². The molecular weight excluding hydrogens is 214 g/mol. The minimum absolute atomic E-state index is 0.409. The van der Waals surface area contributed by atoms with Crippen molar-refractivity contribution >= 4 is 5.69 Å². The van der Waals surface area contributed by atoms with E-state index in [9.17, 15) is 0 Å². The van der Waals surface area contributed by atoms with Gasteiger partial charge < -0.3 is 14.8 Å². The lowest BCUT2D eigenvalue weighted by Gasteiger charge is -2.14. The highest BCUT2D eigenvalue weighted by molar-refractivity contribution is 5.55. The predicted molar refractivity (Wildman–Crippen MR) is 72.2 cm³/mol. The molecule has 1 aromatic carbocycles.